The van der Waals surface area contributed by atoms with Gasteiger partial charge in [-0.2, -0.15) is 0 Å². The van der Waals surface area contributed by atoms with Crippen LogP contribution in [0.15, 0.2) is 23.1 Å². The molecule has 0 unspecified atom stereocenters. The minimum atomic E-state index is 0.459. The lowest BCUT2D eigenvalue weighted by Crippen LogP contribution is -2.01. The van der Waals surface area contributed by atoms with Crippen molar-refractivity contribution in [1.82, 2.24) is 0 Å². The second-order valence-corrected chi connectivity index (χ2v) is 4.34. The highest BCUT2D eigenvalue weighted by atomic mass is 32.2. The van der Waals surface area contributed by atoms with Crippen molar-refractivity contribution in [3.8, 4) is 5.75 Å². The van der Waals surface area contributed by atoms with Gasteiger partial charge in [0.2, 0.25) is 0 Å². The lowest BCUT2D eigenvalue weighted by molar-refractivity contribution is 0.302. The minimum absolute atomic E-state index is 0.459. The van der Waals surface area contributed by atoms with Gasteiger partial charge in [-0.1, -0.05) is 0 Å². The van der Waals surface area contributed by atoms with E-state index in [0.29, 0.717) is 12.6 Å². The van der Waals surface area contributed by atoms with Crippen LogP contribution in [0.3, 0.4) is 0 Å². The normalized spacial score (nSPS) is 15.6. The number of thioether (sulfide) groups is 1. The van der Waals surface area contributed by atoms with Gasteiger partial charge in [0.05, 0.1) is 6.10 Å². The molecular formula is C11H15NOS. The average molecular weight is 209 g/mol. The summed E-state index contributed by atoms with van der Waals surface area (Å²) in [5.74, 6) is 0.964. The van der Waals surface area contributed by atoms with E-state index in [9.17, 15) is 0 Å². The molecule has 0 saturated heterocycles. The SMILES string of the molecule is CSc1ccc(OC2CC2)cc1CN. The van der Waals surface area contributed by atoms with Crippen LogP contribution in [0.2, 0.25) is 0 Å². The Morgan fingerprint density at radius 3 is 2.86 bits per heavy atom. The van der Waals surface area contributed by atoms with E-state index in [2.05, 4.69) is 18.4 Å². The molecule has 76 valence electrons. The van der Waals surface area contributed by atoms with Crippen LogP contribution in [0.4, 0.5) is 0 Å². The molecule has 1 fully saturated rings. The van der Waals surface area contributed by atoms with E-state index in [-0.39, 0.29) is 0 Å². The molecule has 1 aromatic carbocycles. The highest BCUT2D eigenvalue weighted by Gasteiger charge is 2.23. The van der Waals surface area contributed by atoms with Gasteiger partial charge in [-0.05, 0) is 42.9 Å². The summed E-state index contributed by atoms with van der Waals surface area (Å²) >= 11 is 1.73. The molecule has 0 radical (unpaired) electrons. The fourth-order valence-corrected chi connectivity index (χ4v) is 1.97. The Hall–Kier alpha value is -0.670. The Kier molecular flexibility index (Phi) is 2.99. The smallest absolute Gasteiger partial charge is 0.120 e. The van der Waals surface area contributed by atoms with E-state index >= 15 is 0 Å². The minimum Gasteiger partial charge on any atom is -0.490 e. The number of benzene rings is 1. The van der Waals surface area contributed by atoms with E-state index < -0.39 is 0 Å². The van der Waals surface area contributed by atoms with Gasteiger partial charge in [-0.15, -0.1) is 11.8 Å². The van der Waals surface area contributed by atoms with Crippen LogP contribution in [-0.4, -0.2) is 12.4 Å². The molecule has 1 aromatic rings. The van der Waals surface area contributed by atoms with E-state index in [1.165, 1.54) is 23.3 Å². The summed E-state index contributed by atoms with van der Waals surface area (Å²) < 4.78 is 5.70. The largest absolute Gasteiger partial charge is 0.490 e. The fourth-order valence-electron chi connectivity index (χ4n) is 1.37. The number of hydrogen-bond donors (Lipinski definition) is 1. The first-order valence-electron chi connectivity index (χ1n) is 4.87. The summed E-state index contributed by atoms with van der Waals surface area (Å²) in [5, 5.41) is 0. The summed E-state index contributed by atoms with van der Waals surface area (Å²) in [6.45, 7) is 0.581. The topological polar surface area (TPSA) is 35.2 Å². The quantitative estimate of drug-likeness (QED) is 0.773. The van der Waals surface area contributed by atoms with Gasteiger partial charge < -0.3 is 10.5 Å². The standard InChI is InChI=1S/C11H15NOS/c1-14-11-5-4-10(6-8(11)7-12)13-9-2-3-9/h4-6,9H,2-3,7,12H2,1H3. The molecule has 0 spiro atoms. The number of nitrogens with two attached hydrogens (primary N) is 1. The first-order valence-corrected chi connectivity index (χ1v) is 6.09. The summed E-state index contributed by atoms with van der Waals surface area (Å²) in [6.07, 6.45) is 4.92. The van der Waals surface area contributed by atoms with Crippen LogP contribution in [-0.2, 0) is 6.54 Å². The molecule has 0 heterocycles. The fraction of sp³-hybridized carbons (Fsp3) is 0.455. The molecule has 1 aliphatic carbocycles. The second-order valence-electron chi connectivity index (χ2n) is 3.49. The summed E-state index contributed by atoms with van der Waals surface area (Å²) in [5.41, 5.74) is 6.85. The Labute approximate surface area is 88.8 Å². The van der Waals surface area contributed by atoms with Gasteiger partial charge in [0.25, 0.3) is 0 Å². The van der Waals surface area contributed by atoms with E-state index in [1.807, 2.05) is 6.07 Å². The van der Waals surface area contributed by atoms with Crippen molar-refractivity contribution < 1.29 is 4.74 Å². The van der Waals surface area contributed by atoms with Gasteiger partial charge in [0.1, 0.15) is 5.75 Å². The Morgan fingerprint density at radius 1 is 1.50 bits per heavy atom. The molecule has 0 amide bonds. The van der Waals surface area contributed by atoms with Crippen molar-refractivity contribution in [2.24, 2.45) is 5.73 Å². The van der Waals surface area contributed by atoms with E-state index in [1.54, 1.807) is 11.8 Å². The van der Waals surface area contributed by atoms with Gasteiger partial charge in [-0.3, -0.25) is 0 Å². The van der Waals surface area contributed by atoms with Crippen LogP contribution in [0.25, 0.3) is 0 Å². The van der Waals surface area contributed by atoms with Crippen molar-refractivity contribution in [2.75, 3.05) is 6.26 Å². The predicted octanol–water partition coefficient (Wildman–Crippen LogP) is 2.41. The van der Waals surface area contributed by atoms with E-state index in [0.717, 1.165) is 5.75 Å². The zero-order valence-electron chi connectivity index (χ0n) is 8.32. The van der Waals surface area contributed by atoms with Gasteiger partial charge >= 0.3 is 0 Å². The Balaban J connectivity index is 2.16. The molecule has 2 rings (SSSR count). The van der Waals surface area contributed by atoms with Crippen molar-refractivity contribution >= 4 is 11.8 Å². The molecule has 1 saturated carbocycles. The van der Waals surface area contributed by atoms with Gasteiger partial charge in [0, 0.05) is 11.4 Å². The molecule has 0 atom stereocenters. The van der Waals surface area contributed by atoms with Gasteiger partial charge in [0.15, 0.2) is 0 Å². The van der Waals surface area contributed by atoms with Crippen molar-refractivity contribution in [1.29, 1.82) is 0 Å². The average Bonchev–Trinajstić information content (AvgIpc) is 3.01. The monoisotopic (exact) mass is 209 g/mol. The summed E-state index contributed by atoms with van der Waals surface area (Å²) in [7, 11) is 0. The third-order valence-corrected chi connectivity index (χ3v) is 3.14. The highest BCUT2D eigenvalue weighted by Crippen LogP contribution is 2.30. The Bertz CT molecular complexity index is 323. The zero-order chi connectivity index (χ0) is 9.97. The molecule has 2 N–H and O–H groups in total. The third kappa shape index (κ3) is 2.22. The molecule has 14 heavy (non-hydrogen) atoms. The molecule has 0 aromatic heterocycles. The highest BCUT2D eigenvalue weighted by molar-refractivity contribution is 7.98. The third-order valence-electron chi connectivity index (χ3n) is 2.30. The molecule has 3 heteroatoms. The van der Waals surface area contributed by atoms with Crippen LogP contribution in [0.5, 0.6) is 5.75 Å². The van der Waals surface area contributed by atoms with Crippen LogP contribution in [0, 0.1) is 0 Å². The number of rotatable bonds is 4. The summed E-state index contributed by atoms with van der Waals surface area (Å²) in [4.78, 5) is 1.25. The van der Waals surface area contributed by atoms with Crippen LogP contribution >= 0.6 is 11.8 Å². The first-order chi connectivity index (χ1) is 6.83. The molecule has 0 aliphatic heterocycles. The number of ether oxygens (including phenoxy) is 1. The maximum absolute atomic E-state index is 5.70. The maximum atomic E-state index is 5.70. The molecule has 0 bridgehead atoms. The first kappa shape index (κ1) is 9.87. The van der Waals surface area contributed by atoms with Crippen molar-refractivity contribution in [2.45, 2.75) is 30.4 Å². The van der Waals surface area contributed by atoms with Crippen molar-refractivity contribution in [3.63, 3.8) is 0 Å². The van der Waals surface area contributed by atoms with Crippen LogP contribution in [0.1, 0.15) is 18.4 Å². The maximum Gasteiger partial charge on any atom is 0.120 e. The number of hydrogen-bond acceptors (Lipinski definition) is 3. The molecule has 2 nitrogen and oxygen atoms in total. The predicted molar refractivity (Wildman–Crippen MR) is 59.8 cm³/mol. The Morgan fingerprint density at radius 2 is 2.29 bits per heavy atom. The lowest BCUT2D eigenvalue weighted by Gasteiger charge is -2.09. The van der Waals surface area contributed by atoms with Crippen LogP contribution < -0.4 is 10.5 Å². The zero-order valence-corrected chi connectivity index (χ0v) is 9.14. The molecular weight excluding hydrogens is 194 g/mol. The summed E-state index contributed by atoms with van der Waals surface area (Å²) in [6, 6.07) is 6.18. The van der Waals surface area contributed by atoms with E-state index in [4.69, 9.17) is 10.5 Å². The lowest BCUT2D eigenvalue weighted by atomic mass is 10.2. The van der Waals surface area contributed by atoms with Crippen molar-refractivity contribution in [3.05, 3.63) is 23.8 Å². The second kappa shape index (κ2) is 4.24. The van der Waals surface area contributed by atoms with Gasteiger partial charge in [-0.25, -0.2) is 0 Å². The molecule has 1 aliphatic rings.